The number of carbonyl (C=O) groups is 1. The Morgan fingerprint density at radius 2 is 2.40 bits per heavy atom. The number of amides is 1. The number of hydrogen-bond acceptors (Lipinski definition) is 5. The van der Waals surface area contributed by atoms with Gasteiger partial charge in [-0.05, 0) is 25.7 Å². The molecule has 20 heavy (non-hydrogen) atoms. The molecule has 1 aliphatic heterocycles. The molecule has 0 spiro atoms. The van der Waals surface area contributed by atoms with E-state index in [0.29, 0.717) is 25.5 Å². The topological polar surface area (TPSA) is 84.1 Å². The average Bonchev–Trinajstić information content (AvgIpc) is 2.46. The average molecular weight is 281 g/mol. The van der Waals surface area contributed by atoms with Crippen molar-refractivity contribution in [2.75, 3.05) is 23.3 Å². The minimum absolute atomic E-state index is 0.155. The van der Waals surface area contributed by atoms with Crippen molar-refractivity contribution in [2.24, 2.45) is 5.73 Å². The molecule has 1 unspecified atom stereocenters. The summed E-state index contributed by atoms with van der Waals surface area (Å²) in [7, 11) is 0. The van der Waals surface area contributed by atoms with Crippen LogP contribution in [0.5, 0.6) is 0 Å². The van der Waals surface area contributed by atoms with Crippen LogP contribution in [-0.4, -0.2) is 35.0 Å². The van der Waals surface area contributed by atoms with Crippen molar-refractivity contribution < 1.29 is 9.18 Å². The van der Waals surface area contributed by atoms with Crippen LogP contribution in [0.2, 0.25) is 0 Å². The van der Waals surface area contributed by atoms with Crippen LogP contribution in [0.15, 0.2) is 6.20 Å². The van der Waals surface area contributed by atoms with Crippen molar-refractivity contribution >= 4 is 17.7 Å². The van der Waals surface area contributed by atoms with Gasteiger partial charge in [0.2, 0.25) is 11.9 Å². The third-order valence-corrected chi connectivity index (χ3v) is 3.36. The van der Waals surface area contributed by atoms with E-state index < -0.39 is 17.8 Å². The minimum atomic E-state index is -0.528. The number of rotatable bonds is 5. The first-order chi connectivity index (χ1) is 9.63. The zero-order valence-electron chi connectivity index (χ0n) is 11.6. The number of nitrogens with two attached hydrogens (primary N) is 1. The van der Waals surface area contributed by atoms with Gasteiger partial charge in [-0.15, -0.1) is 0 Å². The van der Waals surface area contributed by atoms with Gasteiger partial charge in [-0.2, -0.15) is 4.98 Å². The summed E-state index contributed by atoms with van der Waals surface area (Å²) in [6.45, 7) is 3.31. The molecule has 0 radical (unpaired) electrons. The smallest absolute Gasteiger partial charge is 0.240 e. The minimum Gasteiger partial charge on any atom is -0.368 e. The van der Waals surface area contributed by atoms with E-state index in [2.05, 4.69) is 15.3 Å². The number of carbonyl (C=O) groups excluding carboxylic acids is 1. The maximum absolute atomic E-state index is 14.0. The summed E-state index contributed by atoms with van der Waals surface area (Å²) in [6.07, 6.45) is 4.50. The molecule has 1 aromatic rings. The van der Waals surface area contributed by atoms with Gasteiger partial charge in [0.05, 0.1) is 6.20 Å². The van der Waals surface area contributed by atoms with Gasteiger partial charge in [0.15, 0.2) is 11.6 Å². The number of hydrogen-bond donors (Lipinski definition) is 2. The summed E-state index contributed by atoms with van der Waals surface area (Å²) < 4.78 is 14.0. The second-order valence-electron chi connectivity index (χ2n) is 4.90. The summed E-state index contributed by atoms with van der Waals surface area (Å²) in [4.78, 5) is 21.2. The molecule has 6 nitrogen and oxygen atoms in total. The van der Waals surface area contributed by atoms with Crippen molar-refractivity contribution in [3.63, 3.8) is 0 Å². The van der Waals surface area contributed by atoms with Crippen LogP contribution in [0.3, 0.4) is 0 Å². The third kappa shape index (κ3) is 3.15. The Bertz CT molecular complexity index is 482. The maximum atomic E-state index is 14.0. The van der Waals surface area contributed by atoms with E-state index in [0.717, 1.165) is 25.5 Å². The first-order valence-electron chi connectivity index (χ1n) is 6.96. The highest BCUT2D eigenvalue weighted by Crippen LogP contribution is 2.25. The van der Waals surface area contributed by atoms with Crippen LogP contribution in [0.1, 0.15) is 32.6 Å². The highest BCUT2D eigenvalue weighted by Gasteiger charge is 2.30. The molecule has 1 atom stereocenters. The fourth-order valence-electron chi connectivity index (χ4n) is 2.36. The Hall–Kier alpha value is -1.92. The standard InChI is InChI=1S/C13H20FN5O/c1-2-6-16-13-17-8-9(14)12(18-13)19-7-4-3-5-10(19)11(15)20/h8,10H,2-7H2,1H3,(H2,15,20)(H,16,17,18). The van der Waals surface area contributed by atoms with Crippen LogP contribution in [0.4, 0.5) is 16.2 Å². The van der Waals surface area contributed by atoms with Crippen LogP contribution in [0.25, 0.3) is 0 Å². The lowest BCUT2D eigenvalue weighted by Gasteiger charge is -2.34. The van der Waals surface area contributed by atoms with Gasteiger partial charge in [-0.25, -0.2) is 9.37 Å². The molecule has 1 fully saturated rings. The summed E-state index contributed by atoms with van der Waals surface area (Å²) in [5.41, 5.74) is 5.40. The van der Waals surface area contributed by atoms with Gasteiger partial charge in [0.1, 0.15) is 6.04 Å². The van der Waals surface area contributed by atoms with Gasteiger partial charge >= 0.3 is 0 Å². The quantitative estimate of drug-likeness (QED) is 0.849. The SMILES string of the molecule is CCCNc1ncc(F)c(N2CCCCC2C(N)=O)n1. The van der Waals surface area contributed by atoms with Crippen molar-refractivity contribution in [2.45, 2.75) is 38.6 Å². The fourth-order valence-corrected chi connectivity index (χ4v) is 2.36. The third-order valence-electron chi connectivity index (χ3n) is 3.36. The molecule has 0 bridgehead atoms. The van der Waals surface area contributed by atoms with Gasteiger partial charge in [-0.1, -0.05) is 6.92 Å². The van der Waals surface area contributed by atoms with Crippen molar-refractivity contribution in [3.05, 3.63) is 12.0 Å². The van der Waals surface area contributed by atoms with Crippen molar-refractivity contribution in [3.8, 4) is 0 Å². The molecule has 2 rings (SSSR count). The molecule has 1 aromatic heterocycles. The monoisotopic (exact) mass is 281 g/mol. The van der Waals surface area contributed by atoms with Crippen LogP contribution in [0, 0.1) is 5.82 Å². The van der Waals surface area contributed by atoms with E-state index in [-0.39, 0.29) is 5.82 Å². The molecule has 1 saturated heterocycles. The van der Waals surface area contributed by atoms with E-state index in [1.165, 1.54) is 0 Å². The van der Waals surface area contributed by atoms with Gasteiger partial charge in [0, 0.05) is 13.1 Å². The number of halogens is 1. The van der Waals surface area contributed by atoms with Gasteiger partial charge in [0.25, 0.3) is 0 Å². The Labute approximate surface area is 117 Å². The molecule has 0 aromatic carbocycles. The number of piperidine rings is 1. The fraction of sp³-hybridized carbons (Fsp3) is 0.615. The summed E-state index contributed by atoms with van der Waals surface area (Å²) >= 11 is 0. The summed E-state index contributed by atoms with van der Waals surface area (Å²) in [5, 5.41) is 3.01. The number of anilines is 2. The van der Waals surface area contributed by atoms with Gasteiger partial charge in [-0.3, -0.25) is 4.79 Å². The molecule has 1 aliphatic rings. The Morgan fingerprint density at radius 3 is 3.10 bits per heavy atom. The maximum Gasteiger partial charge on any atom is 0.240 e. The van der Waals surface area contributed by atoms with Gasteiger partial charge < -0.3 is 16.0 Å². The zero-order chi connectivity index (χ0) is 14.5. The van der Waals surface area contributed by atoms with E-state index >= 15 is 0 Å². The molecule has 0 saturated carbocycles. The molecule has 0 aliphatic carbocycles. The van der Waals surface area contributed by atoms with E-state index in [1.807, 2.05) is 6.92 Å². The lowest BCUT2D eigenvalue weighted by Crippen LogP contribution is -2.48. The number of nitrogens with one attached hydrogen (secondary N) is 1. The van der Waals surface area contributed by atoms with Crippen LogP contribution in [-0.2, 0) is 4.79 Å². The largest absolute Gasteiger partial charge is 0.368 e. The summed E-state index contributed by atoms with van der Waals surface area (Å²) in [5.74, 6) is -0.440. The second kappa shape index (κ2) is 6.49. The second-order valence-corrected chi connectivity index (χ2v) is 4.90. The molecular weight excluding hydrogens is 261 g/mol. The lowest BCUT2D eigenvalue weighted by atomic mass is 10.0. The zero-order valence-corrected chi connectivity index (χ0v) is 11.6. The molecule has 3 N–H and O–H groups in total. The number of nitrogens with zero attached hydrogens (tertiary/aromatic N) is 3. The predicted octanol–water partition coefficient (Wildman–Crippen LogP) is 1.28. The van der Waals surface area contributed by atoms with E-state index in [4.69, 9.17) is 5.73 Å². The van der Waals surface area contributed by atoms with Crippen molar-refractivity contribution in [1.82, 2.24) is 9.97 Å². The highest BCUT2D eigenvalue weighted by molar-refractivity contribution is 5.83. The first kappa shape index (κ1) is 14.5. The number of aromatic nitrogens is 2. The highest BCUT2D eigenvalue weighted by atomic mass is 19.1. The molecular formula is C13H20FN5O. The van der Waals surface area contributed by atoms with Crippen molar-refractivity contribution in [1.29, 1.82) is 0 Å². The lowest BCUT2D eigenvalue weighted by molar-refractivity contribution is -0.119. The Morgan fingerprint density at radius 1 is 1.60 bits per heavy atom. The van der Waals surface area contributed by atoms with E-state index in [9.17, 15) is 9.18 Å². The van der Waals surface area contributed by atoms with Crippen LogP contribution >= 0.6 is 0 Å². The normalized spacial score (nSPS) is 18.9. The number of primary amides is 1. The van der Waals surface area contributed by atoms with E-state index in [1.54, 1.807) is 4.90 Å². The predicted molar refractivity (Wildman–Crippen MR) is 75.0 cm³/mol. The Balaban J connectivity index is 2.26. The first-order valence-corrected chi connectivity index (χ1v) is 6.96. The molecule has 110 valence electrons. The summed E-state index contributed by atoms with van der Waals surface area (Å²) in [6, 6.07) is -0.493. The molecule has 7 heteroatoms. The molecule has 1 amide bonds. The van der Waals surface area contributed by atoms with Crippen LogP contribution < -0.4 is 16.0 Å². The molecule has 2 heterocycles. The Kier molecular flexibility index (Phi) is 4.70.